The topological polar surface area (TPSA) is 67.1 Å². The van der Waals surface area contributed by atoms with Crippen LogP contribution in [0.1, 0.15) is 30.9 Å². The number of hydrogen-bond acceptors (Lipinski definition) is 3. The van der Waals surface area contributed by atoms with Crippen LogP contribution >= 0.6 is 0 Å². The zero-order valence-corrected chi connectivity index (χ0v) is 13.9. The summed E-state index contributed by atoms with van der Waals surface area (Å²) in [7, 11) is 0. The summed E-state index contributed by atoms with van der Waals surface area (Å²) in [5, 5.41) is 9.05. The Bertz CT molecular complexity index is 747. The van der Waals surface area contributed by atoms with E-state index in [0.29, 0.717) is 12.5 Å². The van der Waals surface area contributed by atoms with Crippen molar-refractivity contribution >= 4 is 16.7 Å². The number of hydrogen-bond donors (Lipinski definition) is 3. The first kappa shape index (κ1) is 15.6. The number of benzene rings is 2. The molecule has 4 N–H and O–H groups in total. The van der Waals surface area contributed by atoms with E-state index >= 15 is 0 Å². The highest BCUT2D eigenvalue weighted by Gasteiger charge is 2.51. The second-order valence-electron chi connectivity index (χ2n) is 7.24. The van der Waals surface area contributed by atoms with Crippen molar-refractivity contribution in [2.45, 2.75) is 25.3 Å². The van der Waals surface area contributed by atoms with Gasteiger partial charge in [0.25, 0.3) is 0 Å². The van der Waals surface area contributed by atoms with Gasteiger partial charge >= 0.3 is 0 Å². The molecule has 1 amide bonds. The van der Waals surface area contributed by atoms with Crippen LogP contribution in [0.25, 0.3) is 10.8 Å². The van der Waals surface area contributed by atoms with E-state index in [9.17, 15) is 4.79 Å². The maximum Gasteiger partial charge on any atom is 0.228 e. The fraction of sp³-hybridized carbons (Fsp3) is 0.450. The van der Waals surface area contributed by atoms with Crippen molar-refractivity contribution < 1.29 is 4.79 Å². The number of rotatable bonds is 4. The van der Waals surface area contributed by atoms with Crippen molar-refractivity contribution in [1.82, 2.24) is 10.6 Å². The number of carbonyl (C=O) groups excluding carboxylic acids is 1. The summed E-state index contributed by atoms with van der Waals surface area (Å²) in [6, 6.07) is 14.5. The van der Waals surface area contributed by atoms with Gasteiger partial charge in [-0.2, -0.15) is 0 Å². The number of nitrogens with two attached hydrogens (primary N) is 1. The first-order valence-electron chi connectivity index (χ1n) is 8.93. The van der Waals surface area contributed by atoms with Crippen LogP contribution in [0.2, 0.25) is 0 Å². The summed E-state index contributed by atoms with van der Waals surface area (Å²) in [6.45, 7) is 2.19. The minimum absolute atomic E-state index is 0.127. The normalized spacial score (nSPS) is 27.1. The van der Waals surface area contributed by atoms with E-state index in [1.807, 2.05) is 12.1 Å². The molecule has 0 spiro atoms. The Morgan fingerprint density at radius 2 is 2.12 bits per heavy atom. The average Bonchev–Trinajstić information content (AvgIpc) is 3.20. The Labute approximate surface area is 142 Å². The van der Waals surface area contributed by atoms with Crippen LogP contribution in [0, 0.1) is 11.3 Å². The molecule has 0 aromatic heterocycles. The zero-order valence-electron chi connectivity index (χ0n) is 13.9. The molecular weight excluding hydrogens is 298 g/mol. The Morgan fingerprint density at radius 1 is 1.29 bits per heavy atom. The van der Waals surface area contributed by atoms with E-state index in [1.54, 1.807) is 0 Å². The number of fused-ring (bicyclic) bond motifs is 2. The van der Waals surface area contributed by atoms with Gasteiger partial charge in [-0.3, -0.25) is 4.79 Å². The van der Waals surface area contributed by atoms with Gasteiger partial charge in [-0.25, -0.2) is 0 Å². The standard InChI is InChI=1S/C20H25N3O/c21-11-18(16-8-7-14-4-1-2-5-15(14)10-16)23-19(24)20-9-3-6-17(20)12-22-13-20/h1-2,4-5,7-8,10,17-18,22H,3,6,9,11-13,21H2,(H,23,24)/t17-,18+,20-/m1/s1. The fourth-order valence-corrected chi connectivity index (χ4v) is 4.53. The molecule has 126 valence electrons. The summed E-state index contributed by atoms with van der Waals surface area (Å²) < 4.78 is 0. The largest absolute Gasteiger partial charge is 0.347 e. The van der Waals surface area contributed by atoms with Gasteiger partial charge in [-0.15, -0.1) is 0 Å². The summed E-state index contributed by atoms with van der Waals surface area (Å²) in [4.78, 5) is 13.0. The van der Waals surface area contributed by atoms with Crippen LogP contribution in [0.5, 0.6) is 0 Å². The monoisotopic (exact) mass is 323 g/mol. The lowest BCUT2D eigenvalue weighted by atomic mass is 9.79. The van der Waals surface area contributed by atoms with E-state index in [-0.39, 0.29) is 17.4 Å². The quantitative estimate of drug-likeness (QED) is 0.809. The third kappa shape index (κ3) is 2.50. The maximum absolute atomic E-state index is 13.0. The number of carbonyl (C=O) groups is 1. The molecule has 2 aromatic rings. The number of amides is 1. The van der Waals surface area contributed by atoms with Crippen LogP contribution in [0.3, 0.4) is 0 Å². The number of nitrogens with one attached hydrogen (secondary N) is 2. The van der Waals surface area contributed by atoms with Crippen LogP contribution in [0.4, 0.5) is 0 Å². The molecule has 1 heterocycles. The van der Waals surface area contributed by atoms with E-state index < -0.39 is 0 Å². The Kier molecular flexibility index (Phi) is 4.02. The van der Waals surface area contributed by atoms with E-state index in [0.717, 1.165) is 37.9 Å². The molecule has 1 aliphatic carbocycles. The smallest absolute Gasteiger partial charge is 0.228 e. The van der Waals surface area contributed by atoms with Crippen LogP contribution in [-0.2, 0) is 4.79 Å². The summed E-state index contributed by atoms with van der Waals surface area (Å²) in [5.41, 5.74) is 6.87. The molecule has 1 aliphatic heterocycles. The van der Waals surface area contributed by atoms with E-state index in [2.05, 4.69) is 41.0 Å². The molecular formula is C20H25N3O. The lowest BCUT2D eigenvalue weighted by molar-refractivity contribution is -0.132. The predicted octanol–water partition coefficient (Wildman–Crippen LogP) is 2.35. The second kappa shape index (κ2) is 6.19. The maximum atomic E-state index is 13.0. The lowest BCUT2D eigenvalue weighted by Crippen LogP contribution is -2.46. The van der Waals surface area contributed by atoms with Crippen molar-refractivity contribution in [2.24, 2.45) is 17.1 Å². The molecule has 0 bridgehead atoms. The first-order valence-corrected chi connectivity index (χ1v) is 8.93. The van der Waals surface area contributed by atoms with Gasteiger partial charge in [0.2, 0.25) is 5.91 Å². The minimum Gasteiger partial charge on any atom is -0.347 e. The van der Waals surface area contributed by atoms with Crippen LogP contribution in [-0.4, -0.2) is 25.5 Å². The fourth-order valence-electron chi connectivity index (χ4n) is 4.53. The Morgan fingerprint density at radius 3 is 2.96 bits per heavy atom. The van der Waals surface area contributed by atoms with Crippen molar-refractivity contribution in [3.05, 3.63) is 48.0 Å². The lowest BCUT2D eigenvalue weighted by Gasteiger charge is -2.30. The highest BCUT2D eigenvalue weighted by molar-refractivity contribution is 5.85. The predicted molar refractivity (Wildman–Crippen MR) is 96.5 cm³/mol. The van der Waals surface area contributed by atoms with Crippen LogP contribution < -0.4 is 16.4 Å². The summed E-state index contributed by atoms with van der Waals surface area (Å²) >= 11 is 0. The SMILES string of the molecule is NC[C@H](NC(=O)[C@@]12CCC[C@@H]1CNC2)c1ccc2ccccc2c1. The molecule has 2 fully saturated rings. The molecule has 0 unspecified atom stereocenters. The summed E-state index contributed by atoms with van der Waals surface area (Å²) in [5.74, 6) is 0.658. The molecule has 3 atom stereocenters. The van der Waals surface area contributed by atoms with Crippen molar-refractivity contribution in [3.63, 3.8) is 0 Å². The molecule has 2 aliphatic rings. The third-order valence-electron chi connectivity index (χ3n) is 5.96. The zero-order chi connectivity index (χ0) is 16.6. The molecule has 24 heavy (non-hydrogen) atoms. The molecule has 4 nitrogen and oxygen atoms in total. The molecule has 0 radical (unpaired) electrons. The molecule has 1 saturated carbocycles. The minimum atomic E-state index is -0.218. The van der Waals surface area contributed by atoms with Gasteiger partial charge in [-0.05, 0) is 47.7 Å². The van der Waals surface area contributed by atoms with Crippen molar-refractivity contribution in [2.75, 3.05) is 19.6 Å². The van der Waals surface area contributed by atoms with Gasteiger partial charge in [0.15, 0.2) is 0 Å². The van der Waals surface area contributed by atoms with Gasteiger partial charge in [-0.1, -0.05) is 42.8 Å². The molecule has 4 rings (SSSR count). The molecule has 2 aromatic carbocycles. The van der Waals surface area contributed by atoms with E-state index in [1.165, 1.54) is 10.8 Å². The van der Waals surface area contributed by atoms with E-state index in [4.69, 9.17) is 5.73 Å². The van der Waals surface area contributed by atoms with Crippen LogP contribution in [0.15, 0.2) is 42.5 Å². The highest BCUT2D eigenvalue weighted by atomic mass is 16.2. The highest BCUT2D eigenvalue weighted by Crippen LogP contribution is 2.46. The Balaban J connectivity index is 1.58. The van der Waals surface area contributed by atoms with Gasteiger partial charge in [0, 0.05) is 13.1 Å². The van der Waals surface area contributed by atoms with Crippen molar-refractivity contribution in [3.8, 4) is 0 Å². The van der Waals surface area contributed by atoms with Gasteiger partial charge in [0.1, 0.15) is 0 Å². The Hall–Kier alpha value is -1.91. The summed E-state index contributed by atoms with van der Waals surface area (Å²) in [6.07, 6.45) is 3.30. The average molecular weight is 323 g/mol. The van der Waals surface area contributed by atoms with Crippen molar-refractivity contribution in [1.29, 1.82) is 0 Å². The first-order chi connectivity index (χ1) is 11.7. The molecule has 1 saturated heterocycles. The molecule has 4 heteroatoms. The van der Waals surface area contributed by atoms with Gasteiger partial charge < -0.3 is 16.4 Å². The van der Waals surface area contributed by atoms with Gasteiger partial charge in [0.05, 0.1) is 11.5 Å². The third-order valence-corrected chi connectivity index (χ3v) is 5.96. The second-order valence-corrected chi connectivity index (χ2v) is 7.24.